The highest BCUT2D eigenvalue weighted by Crippen LogP contribution is 2.23. The van der Waals surface area contributed by atoms with Crippen LogP contribution >= 0.6 is 27.5 Å². The van der Waals surface area contributed by atoms with Gasteiger partial charge in [0, 0.05) is 10.0 Å². The number of halogens is 2. The van der Waals surface area contributed by atoms with Gasteiger partial charge in [-0.25, -0.2) is 0 Å². The lowest BCUT2D eigenvalue weighted by atomic mass is 10.2. The number of hydrogen-bond acceptors (Lipinski definition) is 3. The SMILES string of the molecule is NC(=O)CN(CC(N)=O)C(=O)c1ccc(Br)c(Cl)c1. The van der Waals surface area contributed by atoms with Crippen LogP contribution in [-0.4, -0.2) is 35.7 Å². The number of rotatable bonds is 5. The minimum Gasteiger partial charge on any atom is -0.368 e. The molecule has 0 spiro atoms. The average Bonchev–Trinajstić information content (AvgIpc) is 2.29. The highest BCUT2D eigenvalue weighted by atomic mass is 79.9. The molecule has 102 valence electrons. The highest BCUT2D eigenvalue weighted by molar-refractivity contribution is 9.10. The fraction of sp³-hybridized carbons (Fsp3) is 0.182. The quantitative estimate of drug-likeness (QED) is 0.810. The van der Waals surface area contributed by atoms with Crippen molar-refractivity contribution < 1.29 is 14.4 Å². The second-order valence-corrected chi connectivity index (χ2v) is 4.98. The van der Waals surface area contributed by atoms with Gasteiger partial charge in [-0.05, 0) is 34.1 Å². The summed E-state index contributed by atoms with van der Waals surface area (Å²) in [5.41, 5.74) is 10.3. The Bertz CT molecular complexity index is 520. The van der Waals surface area contributed by atoms with Crippen molar-refractivity contribution in [2.75, 3.05) is 13.1 Å². The van der Waals surface area contributed by atoms with Crippen LogP contribution in [0.3, 0.4) is 0 Å². The predicted octanol–water partition coefficient (Wildman–Crippen LogP) is 0.515. The average molecular weight is 349 g/mol. The van der Waals surface area contributed by atoms with E-state index in [1.807, 2.05) is 0 Å². The predicted molar refractivity (Wildman–Crippen MR) is 73.4 cm³/mol. The van der Waals surface area contributed by atoms with Crippen LogP contribution in [0.1, 0.15) is 10.4 Å². The summed E-state index contributed by atoms with van der Waals surface area (Å²) in [4.78, 5) is 34.9. The van der Waals surface area contributed by atoms with Crippen LogP contribution in [0.15, 0.2) is 22.7 Å². The molecule has 0 aromatic heterocycles. The van der Waals surface area contributed by atoms with E-state index in [-0.39, 0.29) is 5.56 Å². The number of carbonyl (C=O) groups excluding carboxylic acids is 3. The molecule has 0 aliphatic carbocycles. The lowest BCUT2D eigenvalue weighted by molar-refractivity contribution is -0.121. The molecule has 1 aromatic carbocycles. The normalized spacial score (nSPS) is 10.0. The first-order valence-corrected chi connectivity index (χ1v) is 6.29. The number of nitrogens with zero attached hydrogens (tertiary/aromatic N) is 1. The molecule has 0 saturated carbocycles. The molecule has 8 heteroatoms. The Hall–Kier alpha value is -1.60. The van der Waals surface area contributed by atoms with Gasteiger partial charge in [0.25, 0.3) is 5.91 Å². The van der Waals surface area contributed by atoms with E-state index < -0.39 is 30.8 Å². The Kier molecular flexibility index (Phi) is 5.31. The van der Waals surface area contributed by atoms with Crippen LogP contribution in [0.5, 0.6) is 0 Å². The van der Waals surface area contributed by atoms with Crippen molar-refractivity contribution in [2.45, 2.75) is 0 Å². The summed E-state index contributed by atoms with van der Waals surface area (Å²) in [6.07, 6.45) is 0. The van der Waals surface area contributed by atoms with Crippen LogP contribution in [0.25, 0.3) is 0 Å². The van der Waals surface area contributed by atoms with E-state index in [0.29, 0.717) is 9.50 Å². The molecule has 0 radical (unpaired) electrons. The summed E-state index contributed by atoms with van der Waals surface area (Å²) in [7, 11) is 0. The summed E-state index contributed by atoms with van der Waals surface area (Å²) >= 11 is 9.06. The van der Waals surface area contributed by atoms with Crippen molar-refractivity contribution in [3.63, 3.8) is 0 Å². The third kappa shape index (κ3) is 4.53. The van der Waals surface area contributed by atoms with Gasteiger partial charge in [-0.2, -0.15) is 0 Å². The molecule has 0 aliphatic rings. The number of nitrogens with two attached hydrogens (primary N) is 2. The van der Waals surface area contributed by atoms with Gasteiger partial charge in [-0.15, -0.1) is 0 Å². The van der Waals surface area contributed by atoms with Crippen LogP contribution in [0.4, 0.5) is 0 Å². The zero-order valence-electron chi connectivity index (χ0n) is 9.73. The molecule has 0 unspecified atom stereocenters. The fourth-order valence-corrected chi connectivity index (χ4v) is 1.81. The highest BCUT2D eigenvalue weighted by Gasteiger charge is 2.20. The number of hydrogen-bond donors (Lipinski definition) is 2. The summed E-state index contributed by atoms with van der Waals surface area (Å²) in [5, 5.41) is 0.337. The molecule has 0 saturated heterocycles. The van der Waals surface area contributed by atoms with Crippen molar-refractivity contribution in [3.8, 4) is 0 Å². The smallest absolute Gasteiger partial charge is 0.254 e. The Morgan fingerprint density at radius 1 is 1.16 bits per heavy atom. The maximum Gasteiger partial charge on any atom is 0.254 e. The Morgan fingerprint density at radius 3 is 2.11 bits per heavy atom. The van der Waals surface area contributed by atoms with E-state index >= 15 is 0 Å². The molecule has 1 aromatic rings. The third-order valence-corrected chi connectivity index (χ3v) is 3.38. The van der Waals surface area contributed by atoms with Crippen LogP contribution in [-0.2, 0) is 9.59 Å². The van der Waals surface area contributed by atoms with Gasteiger partial charge in [0.05, 0.1) is 5.02 Å². The van der Waals surface area contributed by atoms with Gasteiger partial charge in [0.1, 0.15) is 13.1 Å². The van der Waals surface area contributed by atoms with E-state index in [0.717, 1.165) is 4.90 Å². The molecule has 0 aliphatic heterocycles. The molecule has 0 atom stereocenters. The maximum atomic E-state index is 12.1. The summed E-state index contributed by atoms with van der Waals surface area (Å²) in [6.45, 7) is -0.787. The van der Waals surface area contributed by atoms with Crippen molar-refractivity contribution in [2.24, 2.45) is 11.5 Å². The van der Waals surface area contributed by atoms with Crippen molar-refractivity contribution in [1.82, 2.24) is 4.90 Å². The van der Waals surface area contributed by atoms with E-state index in [1.165, 1.54) is 12.1 Å². The van der Waals surface area contributed by atoms with Gasteiger partial charge in [-0.3, -0.25) is 14.4 Å². The zero-order chi connectivity index (χ0) is 14.6. The number of amides is 3. The van der Waals surface area contributed by atoms with Crippen molar-refractivity contribution >= 4 is 45.3 Å². The van der Waals surface area contributed by atoms with E-state index in [1.54, 1.807) is 6.07 Å². The molecule has 0 heterocycles. The standard InChI is InChI=1S/C11H11BrClN3O3/c12-7-2-1-6(3-8(7)13)11(19)16(4-9(14)17)5-10(15)18/h1-3H,4-5H2,(H2,14,17)(H2,15,18). The first kappa shape index (κ1) is 15.5. The number of carbonyl (C=O) groups is 3. The minimum absolute atomic E-state index is 0.232. The molecule has 6 nitrogen and oxygen atoms in total. The number of benzene rings is 1. The van der Waals surface area contributed by atoms with Gasteiger partial charge in [0.2, 0.25) is 11.8 Å². The Labute approximate surface area is 122 Å². The third-order valence-electron chi connectivity index (χ3n) is 2.15. The van der Waals surface area contributed by atoms with Gasteiger partial charge >= 0.3 is 0 Å². The van der Waals surface area contributed by atoms with Gasteiger partial charge < -0.3 is 16.4 Å². The van der Waals surface area contributed by atoms with E-state index in [4.69, 9.17) is 23.1 Å². The summed E-state index contributed by atoms with van der Waals surface area (Å²) in [5.74, 6) is -2.03. The lowest BCUT2D eigenvalue weighted by Gasteiger charge is -2.19. The van der Waals surface area contributed by atoms with Crippen LogP contribution in [0.2, 0.25) is 5.02 Å². The molecule has 3 amide bonds. The van der Waals surface area contributed by atoms with E-state index in [9.17, 15) is 14.4 Å². The molecular formula is C11H11BrClN3O3. The molecule has 0 bridgehead atoms. The summed E-state index contributed by atoms with van der Waals surface area (Å²) in [6, 6.07) is 4.51. The molecule has 4 N–H and O–H groups in total. The molecule has 1 rings (SSSR count). The van der Waals surface area contributed by atoms with Gasteiger partial charge in [0.15, 0.2) is 0 Å². The van der Waals surface area contributed by atoms with E-state index in [2.05, 4.69) is 15.9 Å². The fourth-order valence-electron chi connectivity index (χ4n) is 1.39. The second-order valence-electron chi connectivity index (χ2n) is 3.72. The molecule has 0 fully saturated rings. The first-order valence-electron chi connectivity index (χ1n) is 5.12. The summed E-state index contributed by atoms with van der Waals surface area (Å²) < 4.78 is 0.627. The Balaban J connectivity index is 3.00. The second kappa shape index (κ2) is 6.53. The topological polar surface area (TPSA) is 106 Å². The lowest BCUT2D eigenvalue weighted by Crippen LogP contribution is -2.43. The van der Waals surface area contributed by atoms with Crippen molar-refractivity contribution in [3.05, 3.63) is 33.3 Å². The zero-order valence-corrected chi connectivity index (χ0v) is 12.1. The molecular weight excluding hydrogens is 337 g/mol. The maximum absolute atomic E-state index is 12.1. The van der Waals surface area contributed by atoms with Crippen LogP contribution in [0, 0.1) is 0 Å². The van der Waals surface area contributed by atoms with Crippen LogP contribution < -0.4 is 11.5 Å². The van der Waals surface area contributed by atoms with Crippen molar-refractivity contribution in [1.29, 1.82) is 0 Å². The largest absolute Gasteiger partial charge is 0.368 e. The monoisotopic (exact) mass is 347 g/mol. The Morgan fingerprint density at radius 2 is 1.68 bits per heavy atom. The van der Waals surface area contributed by atoms with Gasteiger partial charge in [-0.1, -0.05) is 11.6 Å². The first-order chi connectivity index (χ1) is 8.81. The minimum atomic E-state index is -0.738. The number of primary amides is 2. The molecule has 19 heavy (non-hydrogen) atoms.